The summed E-state index contributed by atoms with van der Waals surface area (Å²) >= 11 is 0. The van der Waals surface area contributed by atoms with Crippen molar-refractivity contribution < 1.29 is 9.90 Å². The summed E-state index contributed by atoms with van der Waals surface area (Å²) in [5, 5.41) is 16.5. The van der Waals surface area contributed by atoms with Gasteiger partial charge in [-0.25, -0.2) is 4.98 Å². The maximum Gasteiger partial charge on any atom is 0.254 e. The van der Waals surface area contributed by atoms with Gasteiger partial charge in [0, 0.05) is 17.8 Å². The van der Waals surface area contributed by atoms with Crippen LogP contribution in [0.4, 0.5) is 11.8 Å². The molecule has 0 radical (unpaired) electrons. The zero-order valence-corrected chi connectivity index (χ0v) is 16.5. The van der Waals surface area contributed by atoms with Crippen LogP contribution in [-0.4, -0.2) is 38.7 Å². The fourth-order valence-corrected chi connectivity index (χ4v) is 5.10. The first kappa shape index (κ1) is 18.5. The van der Waals surface area contributed by atoms with E-state index in [1.54, 1.807) is 0 Å². The van der Waals surface area contributed by atoms with Gasteiger partial charge in [-0.1, -0.05) is 20.8 Å². The molecule has 4 aliphatic rings. The quantitative estimate of drug-likeness (QED) is 0.631. The second kappa shape index (κ2) is 6.06. The van der Waals surface area contributed by atoms with Crippen LogP contribution in [0.3, 0.4) is 0 Å². The summed E-state index contributed by atoms with van der Waals surface area (Å²) in [5.41, 5.74) is 6.63. The number of nitrogens with two attached hydrogens (primary N) is 1. The molecule has 0 saturated heterocycles. The van der Waals surface area contributed by atoms with E-state index in [1.807, 2.05) is 0 Å². The van der Waals surface area contributed by atoms with Gasteiger partial charge in [-0.2, -0.15) is 4.98 Å². The van der Waals surface area contributed by atoms with Crippen LogP contribution in [0.5, 0.6) is 0 Å². The summed E-state index contributed by atoms with van der Waals surface area (Å²) in [7, 11) is 0. The van der Waals surface area contributed by atoms with Crippen LogP contribution in [0.25, 0.3) is 0 Å². The predicted molar refractivity (Wildman–Crippen MR) is 105 cm³/mol. The van der Waals surface area contributed by atoms with Crippen molar-refractivity contribution in [2.45, 2.75) is 83.4 Å². The average Bonchev–Trinajstić information content (AvgIpc) is 2.50. The Hall–Kier alpha value is -1.89. The SMILES string of the molecule is CC(C)(C)C12CC(Nc3nc(NC4CCC(O)CC4)ncc3C(N)=O)(C1)C2. The number of aliphatic hydroxyl groups excluding tert-OH is 1. The Morgan fingerprint density at radius 2 is 1.85 bits per heavy atom. The van der Waals surface area contributed by atoms with Gasteiger partial charge in [-0.15, -0.1) is 0 Å². The van der Waals surface area contributed by atoms with E-state index in [1.165, 1.54) is 6.20 Å². The highest BCUT2D eigenvalue weighted by atomic mass is 16.3. The van der Waals surface area contributed by atoms with E-state index in [0.29, 0.717) is 28.2 Å². The van der Waals surface area contributed by atoms with Crippen LogP contribution in [0.15, 0.2) is 6.20 Å². The van der Waals surface area contributed by atoms with Gasteiger partial charge in [0.05, 0.1) is 11.7 Å². The summed E-state index contributed by atoms with van der Waals surface area (Å²) in [4.78, 5) is 20.7. The highest BCUT2D eigenvalue weighted by Crippen LogP contribution is 2.74. The highest BCUT2D eigenvalue weighted by molar-refractivity contribution is 5.97. The van der Waals surface area contributed by atoms with Crippen LogP contribution in [0.2, 0.25) is 0 Å². The largest absolute Gasteiger partial charge is 0.393 e. The molecule has 148 valence electrons. The topological polar surface area (TPSA) is 113 Å². The number of carbonyl (C=O) groups excluding carboxylic acids is 1. The van der Waals surface area contributed by atoms with Gasteiger partial charge in [-0.3, -0.25) is 4.79 Å². The second-order valence-electron chi connectivity index (χ2n) is 9.94. The molecule has 4 saturated carbocycles. The molecule has 4 aliphatic carbocycles. The summed E-state index contributed by atoms with van der Waals surface area (Å²) in [5.74, 6) is 0.543. The molecular weight excluding hydrogens is 342 g/mol. The molecule has 1 heterocycles. The first-order valence-electron chi connectivity index (χ1n) is 10.0. The molecule has 0 aromatic carbocycles. The van der Waals surface area contributed by atoms with Gasteiger partial charge in [0.25, 0.3) is 5.91 Å². The van der Waals surface area contributed by atoms with Gasteiger partial charge in [0.1, 0.15) is 5.82 Å². The van der Waals surface area contributed by atoms with Crippen molar-refractivity contribution >= 4 is 17.7 Å². The van der Waals surface area contributed by atoms with Crippen LogP contribution in [0.1, 0.15) is 76.1 Å². The van der Waals surface area contributed by atoms with Crippen molar-refractivity contribution in [3.63, 3.8) is 0 Å². The van der Waals surface area contributed by atoms with Crippen LogP contribution in [-0.2, 0) is 0 Å². The van der Waals surface area contributed by atoms with Crippen LogP contribution >= 0.6 is 0 Å². The summed E-state index contributed by atoms with van der Waals surface area (Å²) in [6.45, 7) is 6.91. The summed E-state index contributed by atoms with van der Waals surface area (Å²) < 4.78 is 0. The van der Waals surface area contributed by atoms with Gasteiger partial charge >= 0.3 is 0 Å². The van der Waals surface area contributed by atoms with E-state index in [4.69, 9.17) is 5.73 Å². The number of primary amides is 1. The van der Waals surface area contributed by atoms with Gasteiger partial charge < -0.3 is 21.5 Å². The Balaban J connectivity index is 1.47. The minimum Gasteiger partial charge on any atom is -0.393 e. The number of aromatic nitrogens is 2. The zero-order valence-electron chi connectivity index (χ0n) is 16.5. The van der Waals surface area contributed by atoms with Crippen molar-refractivity contribution in [1.82, 2.24) is 9.97 Å². The highest BCUT2D eigenvalue weighted by Gasteiger charge is 2.71. The third kappa shape index (κ3) is 3.16. The lowest BCUT2D eigenvalue weighted by atomic mass is 9.33. The zero-order chi connectivity index (χ0) is 19.4. The van der Waals surface area contributed by atoms with Gasteiger partial charge in [-0.05, 0) is 55.8 Å². The first-order valence-corrected chi connectivity index (χ1v) is 10.0. The molecule has 1 amide bonds. The Labute approximate surface area is 160 Å². The molecule has 1 aromatic rings. The molecule has 27 heavy (non-hydrogen) atoms. The number of hydrogen-bond donors (Lipinski definition) is 4. The van der Waals surface area contributed by atoms with Crippen molar-refractivity contribution in [1.29, 1.82) is 0 Å². The van der Waals surface area contributed by atoms with Crippen molar-refractivity contribution in [2.24, 2.45) is 16.6 Å². The molecule has 5 rings (SSSR count). The molecule has 0 atom stereocenters. The Morgan fingerprint density at radius 1 is 1.22 bits per heavy atom. The van der Waals surface area contributed by atoms with E-state index in [-0.39, 0.29) is 17.7 Å². The van der Waals surface area contributed by atoms with Crippen molar-refractivity contribution in [3.05, 3.63) is 11.8 Å². The number of nitrogens with zero attached hydrogens (tertiary/aromatic N) is 2. The fourth-order valence-electron chi connectivity index (χ4n) is 5.10. The number of anilines is 2. The maximum atomic E-state index is 11.8. The van der Waals surface area contributed by atoms with Gasteiger partial charge in [0.2, 0.25) is 5.95 Å². The summed E-state index contributed by atoms with van der Waals surface area (Å²) in [6.07, 6.45) is 8.01. The molecule has 0 unspecified atom stereocenters. The number of aliphatic hydroxyl groups is 1. The number of amides is 1. The molecule has 0 aliphatic heterocycles. The van der Waals surface area contributed by atoms with Gasteiger partial charge in [0.15, 0.2) is 0 Å². The standard InChI is InChI=1S/C20H31N5O2/c1-18(2,3)19-9-20(10-19,11-19)25-16-14(15(21)27)8-22-17(24-16)23-12-4-6-13(26)7-5-12/h8,12-13,26H,4-7,9-11H2,1-3H3,(H2,21,27)(H2,22,23,24,25). The number of hydrogen-bond acceptors (Lipinski definition) is 6. The molecule has 7 nitrogen and oxygen atoms in total. The number of rotatable bonds is 5. The number of carbonyl (C=O) groups is 1. The molecule has 0 spiro atoms. The Kier molecular flexibility index (Phi) is 4.14. The smallest absolute Gasteiger partial charge is 0.254 e. The average molecular weight is 374 g/mol. The van der Waals surface area contributed by atoms with E-state index >= 15 is 0 Å². The summed E-state index contributed by atoms with van der Waals surface area (Å²) in [6, 6.07) is 0.250. The fraction of sp³-hybridized carbons (Fsp3) is 0.750. The third-order valence-corrected chi connectivity index (χ3v) is 7.09. The number of nitrogens with one attached hydrogen (secondary N) is 2. The lowest BCUT2D eigenvalue weighted by molar-refractivity contribution is -0.188. The minimum atomic E-state index is -0.512. The molecule has 5 N–H and O–H groups in total. The molecule has 1 aromatic heterocycles. The van der Waals surface area contributed by atoms with Crippen LogP contribution in [0, 0.1) is 10.8 Å². The van der Waals surface area contributed by atoms with E-state index in [0.717, 1.165) is 44.9 Å². The second-order valence-corrected chi connectivity index (χ2v) is 9.94. The van der Waals surface area contributed by atoms with Crippen molar-refractivity contribution in [3.8, 4) is 0 Å². The van der Waals surface area contributed by atoms with E-state index < -0.39 is 5.91 Å². The molecule has 7 heteroatoms. The third-order valence-electron chi connectivity index (χ3n) is 7.09. The molecular formula is C20H31N5O2. The molecule has 2 bridgehead atoms. The lowest BCUT2D eigenvalue weighted by Gasteiger charge is -2.75. The lowest BCUT2D eigenvalue weighted by Crippen LogP contribution is -2.74. The first-order chi connectivity index (χ1) is 12.6. The Morgan fingerprint density at radius 3 is 2.41 bits per heavy atom. The van der Waals surface area contributed by atoms with E-state index in [9.17, 15) is 9.90 Å². The van der Waals surface area contributed by atoms with Crippen LogP contribution < -0.4 is 16.4 Å². The molecule has 4 fully saturated rings. The van der Waals surface area contributed by atoms with Crippen molar-refractivity contribution in [2.75, 3.05) is 10.6 Å². The minimum absolute atomic E-state index is 0.0397. The normalized spacial score (nSPS) is 35.0. The monoisotopic (exact) mass is 373 g/mol. The van der Waals surface area contributed by atoms with E-state index in [2.05, 4.69) is 41.4 Å². The maximum absolute atomic E-state index is 11.8. The predicted octanol–water partition coefficient (Wildman–Crippen LogP) is 2.67. The Bertz CT molecular complexity index is 729.